The zero-order chi connectivity index (χ0) is 9.97. The van der Waals surface area contributed by atoms with E-state index in [0.717, 1.165) is 18.6 Å². The lowest BCUT2D eigenvalue weighted by atomic mass is 10.3. The minimum absolute atomic E-state index is 0.176. The minimum Gasteiger partial charge on any atom is -0.805 e. The Balaban J connectivity index is 2.62. The highest BCUT2D eigenvalue weighted by molar-refractivity contribution is 5.50. The van der Waals surface area contributed by atoms with Gasteiger partial charge in [0.05, 0.1) is 16.8 Å². The molecule has 0 saturated heterocycles. The first-order chi connectivity index (χ1) is 6.77. The Morgan fingerprint density at radius 1 is 1.43 bits per heavy atom. The molecular weight excluding hydrogens is 184 g/mol. The third kappa shape index (κ3) is 1.45. The lowest BCUT2D eigenvalue weighted by molar-refractivity contribution is -0.494. The van der Waals surface area contributed by atoms with Crippen molar-refractivity contribution in [2.24, 2.45) is 0 Å². The maximum atomic E-state index is 11.3. The van der Waals surface area contributed by atoms with Crippen molar-refractivity contribution in [1.82, 2.24) is 14.7 Å². The van der Waals surface area contributed by atoms with Gasteiger partial charge in [0.15, 0.2) is 0 Å². The Morgan fingerprint density at radius 2 is 2.29 bits per heavy atom. The molecule has 0 fully saturated rings. The fourth-order valence-corrected chi connectivity index (χ4v) is 1.04. The Hall–Kier alpha value is -2.24. The second kappa shape index (κ2) is 3.25. The summed E-state index contributed by atoms with van der Waals surface area (Å²) in [5.41, 5.74) is 0.545. The number of nitrogens with zero attached hydrogens (tertiary/aromatic N) is 4. The van der Waals surface area contributed by atoms with E-state index in [-0.39, 0.29) is 5.69 Å². The Bertz CT molecular complexity index is 494. The van der Waals surface area contributed by atoms with Crippen molar-refractivity contribution in [2.75, 3.05) is 0 Å². The molecule has 0 amide bonds. The van der Waals surface area contributed by atoms with E-state index in [1.807, 2.05) is 0 Å². The van der Waals surface area contributed by atoms with Crippen LogP contribution in [-0.2, 0) is 0 Å². The van der Waals surface area contributed by atoms with Crippen LogP contribution in [0.15, 0.2) is 37.2 Å². The average molecular weight is 190 g/mol. The molecular formula is C8H6N4O2. The summed E-state index contributed by atoms with van der Waals surface area (Å²) in [5, 5.41) is 11.3. The lowest BCUT2D eigenvalue weighted by Crippen LogP contribution is -2.15. The minimum atomic E-state index is 0.176. The van der Waals surface area contributed by atoms with E-state index in [9.17, 15) is 10.1 Å². The van der Waals surface area contributed by atoms with Crippen LogP contribution < -0.4 is 4.43 Å². The molecule has 14 heavy (non-hydrogen) atoms. The van der Waals surface area contributed by atoms with E-state index < -0.39 is 0 Å². The van der Waals surface area contributed by atoms with Crippen LogP contribution in [0.3, 0.4) is 0 Å². The van der Waals surface area contributed by atoms with Gasteiger partial charge in [0.1, 0.15) is 11.4 Å². The van der Waals surface area contributed by atoms with Crippen LogP contribution in [0.4, 0.5) is 0 Å². The molecule has 70 valence electrons. The van der Waals surface area contributed by atoms with Gasteiger partial charge in [-0.05, 0) is 0 Å². The van der Waals surface area contributed by atoms with Crippen molar-refractivity contribution < 1.29 is 4.43 Å². The summed E-state index contributed by atoms with van der Waals surface area (Å²) in [6.07, 6.45) is 7.76. The van der Waals surface area contributed by atoms with Gasteiger partial charge in [0, 0.05) is 17.3 Å². The summed E-state index contributed by atoms with van der Waals surface area (Å²) in [4.78, 5) is 18.7. The number of hydrogen-bond acceptors (Lipinski definition) is 4. The van der Waals surface area contributed by atoms with E-state index in [0.29, 0.717) is 14.9 Å². The van der Waals surface area contributed by atoms with Gasteiger partial charge in [-0.3, -0.25) is 9.97 Å². The third-order valence-corrected chi connectivity index (χ3v) is 1.66. The lowest BCUT2D eigenvalue weighted by Gasteiger charge is -2.11. The summed E-state index contributed by atoms with van der Waals surface area (Å²) < 4.78 is 1.11. The van der Waals surface area contributed by atoms with Crippen LogP contribution in [0, 0.1) is 10.1 Å². The van der Waals surface area contributed by atoms with Gasteiger partial charge in [0.2, 0.25) is 6.20 Å². The third-order valence-electron chi connectivity index (χ3n) is 1.66. The van der Waals surface area contributed by atoms with Gasteiger partial charge in [-0.25, -0.2) is 0 Å². The van der Waals surface area contributed by atoms with Crippen molar-refractivity contribution in [3.63, 3.8) is 0 Å². The molecule has 0 aliphatic rings. The average Bonchev–Trinajstić information content (AvgIpc) is 2.23. The van der Waals surface area contributed by atoms with Crippen LogP contribution in [0.25, 0.3) is 11.4 Å². The molecule has 0 aromatic carbocycles. The Labute approximate surface area is 78.7 Å². The number of rotatable bonds is 1. The predicted octanol–water partition coefficient (Wildman–Crippen LogP) is 0.206. The highest BCUT2D eigenvalue weighted by atomic mass is 16.5. The van der Waals surface area contributed by atoms with Crippen molar-refractivity contribution >= 4 is 0 Å². The van der Waals surface area contributed by atoms with Crippen molar-refractivity contribution in [3.8, 4) is 11.4 Å². The second-order valence-corrected chi connectivity index (χ2v) is 2.59. The topological polar surface area (TPSA) is 76.7 Å². The quantitative estimate of drug-likeness (QED) is 0.602. The molecule has 6 heteroatoms. The molecule has 0 aliphatic heterocycles. The zero-order valence-electron chi connectivity index (χ0n) is 7.07. The summed E-state index contributed by atoms with van der Waals surface area (Å²) in [5.74, 6) is 0. The zero-order valence-corrected chi connectivity index (χ0v) is 7.07. The largest absolute Gasteiger partial charge is 0.805 e. The van der Waals surface area contributed by atoms with Gasteiger partial charge in [-0.15, -0.1) is 0 Å². The maximum absolute atomic E-state index is 11.3. The molecule has 0 spiro atoms. The van der Waals surface area contributed by atoms with Crippen LogP contribution in [0.1, 0.15) is 0 Å². The first-order valence-electron chi connectivity index (χ1n) is 3.86. The number of hydrogen-bond donors (Lipinski definition) is 0. The van der Waals surface area contributed by atoms with Crippen LogP contribution in [0.5, 0.6) is 0 Å². The van der Waals surface area contributed by atoms with Crippen molar-refractivity contribution in [3.05, 3.63) is 47.3 Å². The molecule has 2 rings (SSSR count). The standard InChI is InChI=1S/C8H6N4O2/c13-11-3-4-12(14)8(6-11)7-5-9-1-2-10-7/h1-6H. The maximum Gasteiger partial charge on any atom is 0.253 e. The molecule has 0 aliphatic carbocycles. The van der Waals surface area contributed by atoms with Crippen LogP contribution in [-0.4, -0.2) is 14.7 Å². The normalized spacial score (nSPS) is 10.0. The predicted molar refractivity (Wildman–Crippen MR) is 47.6 cm³/mol. The molecule has 2 heterocycles. The molecule has 0 radical (unpaired) electrons. The molecule has 0 saturated carbocycles. The summed E-state index contributed by atoms with van der Waals surface area (Å²) >= 11 is 0. The van der Waals surface area contributed by atoms with Gasteiger partial charge < -0.3 is 9.94 Å². The number of aromatic nitrogens is 4. The molecule has 0 atom stereocenters. The molecule has 2 aromatic heterocycles. The van der Waals surface area contributed by atoms with Gasteiger partial charge in [-0.2, -0.15) is 0 Å². The molecule has 6 nitrogen and oxygen atoms in total. The molecule has 0 N–H and O–H groups in total. The van der Waals surface area contributed by atoms with E-state index in [1.54, 1.807) is 0 Å². The van der Waals surface area contributed by atoms with Gasteiger partial charge in [-0.1, -0.05) is 0 Å². The van der Waals surface area contributed by atoms with E-state index in [1.165, 1.54) is 18.6 Å². The van der Waals surface area contributed by atoms with E-state index >= 15 is 0 Å². The second-order valence-electron chi connectivity index (χ2n) is 2.59. The van der Waals surface area contributed by atoms with Gasteiger partial charge >= 0.3 is 0 Å². The summed E-state index contributed by atoms with van der Waals surface area (Å²) in [6.45, 7) is 0. The van der Waals surface area contributed by atoms with Crippen molar-refractivity contribution in [2.45, 2.75) is 0 Å². The van der Waals surface area contributed by atoms with Gasteiger partial charge in [0.25, 0.3) is 6.20 Å². The fourth-order valence-electron chi connectivity index (χ4n) is 1.04. The molecule has 0 bridgehead atoms. The van der Waals surface area contributed by atoms with E-state index in [2.05, 4.69) is 9.97 Å². The highest BCUT2D eigenvalue weighted by Gasteiger charge is 2.05. The van der Waals surface area contributed by atoms with Crippen molar-refractivity contribution in [1.29, 1.82) is 0 Å². The SMILES string of the molecule is O=[n+]1ccn([O-])c(-c2cnccn2)c1. The van der Waals surface area contributed by atoms with E-state index in [4.69, 9.17) is 0 Å². The molecule has 0 unspecified atom stereocenters. The Kier molecular flexibility index (Phi) is 1.94. The monoisotopic (exact) mass is 190 g/mol. The van der Waals surface area contributed by atoms with Crippen LogP contribution in [0.2, 0.25) is 0 Å². The summed E-state index contributed by atoms with van der Waals surface area (Å²) in [7, 11) is 0. The molecule has 2 aromatic rings. The first-order valence-corrected chi connectivity index (χ1v) is 3.86. The highest BCUT2D eigenvalue weighted by Crippen LogP contribution is 2.10. The Morgan fingerprint density at radius 3 is 3.00 bits per heavy atom. The summed E-state index contributed by atoms with van der Waals surface area (Å²) in [6, 6.07) is 0. The fraction of sp³-hybridized carbons (Fsp3) is 0. The van der Waals surface area contributed by atoms with Crippen LogP contribution >= 0.6 is 0 Å². The smallest absolute Gasteiger partial charge is 0.253 e. The first kappa shape index (κ1) is 8.36.